The lowest BCUT2D eigenvalue weighted by molar-refractivity contribution is -0.384. The van der Waals surface area contributed by atoms with Crippen molar-refractivity contribution >= 4 is 17.4 Å². The molecule has 0 radical (unpaired) electrons. The van der Waals surface area contributed by atoms with Gasteiger partial charge in [-0.05, 0) is 31.2 Å². The summed E-state index contributed by atoms with van der Waals surface area (Å²) in [5, 5.41) is 16.4. The molecule has 1 aliphatic rings. The molecule has 1 saturated carbocycles. The van der Waals surface area contributed by atoms with E-state index in [2.05, 4.69) is 17.6 Å². The molecular formula is C15H21N3O3. The van der Waals surface area contributed by atoms with Crippen molar-refractivity contribution in [1.82, 2.24) is 5.32 Å². The number of amides is 2. The third-order valence-corrected chi connectivity index (χ3v) is 3.95. The summed E-state index contributed by atoms with van der Waals surface area (Å²) in [4.78, 5) is 22.3. The van der Waals surface area contributed by atoms with E-state index in [0.717, 1.165) is 24.8 Å². The molecule has 0 unspecified atom stereocenters. The Morgan fingerprint density at radius 1 is 1.38 bits per heavy atom. The zero-order valence-electron chi connectivity index (χ0n) is 12.4. The Labute approximate surface area is 124 Å². The summed E-state index contributed by atoms with van der Waals surface area (Å²) in [6.07, 6.45) is 4.32. The molecule has 0 aliphatic heterocycles. The summed E-state index contributed by atoms with van der Waals surface area (Å²) in [5.41, 5.74) is 1.25. The molecule has 0 bridgehead atoms. The molecule has 2 atom stereocenters. The normalized spacial score (nSPS) is 21.6. The number of rotatable bonds is 3. The van der Waals surface area contributed by atoms with E-state index in [-0.39, 0.29) is 17.8 Å². The van der Waals surface area contributed by atoms with E-state index < -0.39 is 4.92 Å². The molecule has 0 spiro atoms. The quantitative estimate of drug-likeness (QED) is 0.659. The standard InChI is InChI=1S/C15H21N3O3/c1-10-4-3-5-12(8-10)16-15(19)17-14-9-13(18(20)21)7-6-11(14)2/h6-7,9-10,12H,3-5,8H2,1-2H3,(H2,16,17,19)/t10-,12-/m1/s1. The van der Waals surface area contributed by atoms with Gasteiger partial charge in [-0.1, -0.05) is 25.8 Å². The molecule has 21 heavy (non-hydrogen) atoms. The number of nitrogens with zero attached hydrogens (tertiary/aromatic N) is 1. The monoisotopic (exact) mass is 291 g/mol. The number of nitro benzene ring substituents is 1. The van der Waals surface area contributed by atoms with Crippen LogP contribution in [-0.2, 0) is 0 Å². The molecule has 1 aliphatic carbocycles. The molecule has 1 aromatic carbocycles. The van der Waals surface area contributed by atoms with Gasteiger partial charge in [0.15, 0.2) is 0 Å². The topological polar surface area (TPSA) is 84.3 Å². The summed E-state index contributed by atoms with van der Waals surface area (Å²) in [6.45, 7) is 4.00. The Balaban J connectivity index is 1.99. The van der Waals surface area contributed by atoms with Gasteiger partial charge in [0.2, 0.25) is 0 Å². The van der Waals surface area contributed by atoms with E-state index in [0.29, 0.717) is 11.6 Å². The SMILES string of the molecule is Cc1ccc([N+](=O)[O-])cc1NC(=O)N[C@@H]1CCC[C@@H](C)C1. The lowest BCUT2D eigenvalue weighted by atomic mass is 9.87. The molecule has 0 heterocycles. The number of hydrogen-bond donors (Lipinski definition) is 2. The van der Waals surface area contributed by atoms with Gasteiger partial charge in [0.25, 0.3) is 5.69 Å². The van der Waals surface area contributed by atoms with Crippen molar-refractivity contribution in [2.24, 2.45) is 5.92 Å². The highest BCUT2D eigenvalue weighted by atomic mass is 16.6. The predicted molar refractivity (Wildman–Crippen MR) is 81.4 cm³/mol. The van der Waals surface area contributed by atoms with Crippen molar-refractivity contribution in [1.29, 1.82) is 0 Å². The van der Waals surface area contributed by atoms with Gasteiger partial charge in [0.05, 0.1) is 10.6 Å². The van der Waals surface area contributed by atoms with Gasteiger partial charge < -0.3 is 10.6 Å². The van der Waals surface area contributed by atoms with Crippen LogP contribution in [0.3, 0.4) is 0 Å². The number of urea groups is 1. The second kappa shape index (κ2) is 6.56. The van der Waals surface area contributed by atoms with E-state index in [1.54, 1.807) is 6.07 Å². The van der Waals surface area contributed by atoms with E-state index in [1.165, 1.54) is 18.6 Å². The first-order chi connectivity index (χ1) is 9.95. The van der Waals surface area contributed by atoms with Gasteiger partial charge in [0.1, 0.15) is 0 Å². The van der Waals surface area contributed by atoms with E-state index in [9.17, 15) is 14.9 Å². The van der Waals surface area contributed by atoms with Crippen LogP contribution in [0.1, 0.15) is 38.2 Å². The van der Waals surface area contributed by atoms with E-state index >= 15 is 0 Å². The summed E-state index contributed by atoms with van der Waals surface area (Å²) in [5.74, 6) is 0.628. The number of nitrogens with one attached hydrogen (secondary N) is 2. The van der Waals surface area contributed by atoms with Gasteiger partial charge in [-0.15, -0.1) is 0 Å². The first-order valence-corrected chi connectivity index (χ1v) is 7.28. The predicted octanol–water partition coefficient (Wildman–Crippen LogP) is 3.60. The molecule has 2 N–H and O–H groups in total. The molecule has 0 saturated heterocycles. The number of nitro groups is 1. The third kappa shape index (κ3) is 4.18. The minimum absolute atomic E-state index is 0.0258. The maximum Gasteiger partial charge on any atom is 0.319 e. The fourth-order valence-electron chi connectivity index (χ4n) is 2.77. The number of carbonyl (C=O) groups is 1. The van der Waals surface area contributed by atoms with Crippen LogP contribution >= 0.6 is 0 Å². The van der Waals surface area contributed by atoms with Crippen LogP contribution in [0, 0.1) is 23.0 Å². The zero-order chi connectivity index (χ0) is 15.4. The summed E-state index contributed by atoms with van der Waals surface area (Å²) in [6, 6.07) is 4.35. The van der Waals surface area contributed by atoms with Crippen molar-refractivity contribution in [2.45, 2.75) is 45.6 Å². The Hall–Kier alpha value is -2.11. The molecule has 6 heteroatoms. The van der Waals surface area contributed by atoms with Crippen LogP contribution < -0.4 is 10.6 Å². The Bertz CT molecular complexity index is 545. The van der Waals surface area contributed by atoms with Gasteiger partial charge >= 0.3 is 6.03 Å². The fraction of sp³-hybridized carbons (Fsp3) is 0.533. The van der Waals surface area contributed by atoms with Crippen LogP contribution in [0.4, 0.5) is 16.2 Å². The Morgan fingerprint density at radius 2 is 2.14 bits per heavy atom. The number of aryl methyl sites for hydroxylation is 1. The maximum atomic E-state index is 12.0. The highest BCUT2D eigenvalue weighted by Gasteiger charge is 2.20. The number of anilines is 1. The lowest BCUT2D eigenvalue weighted by Crippen LogP contribution is -2.40. The van der Waals surface area contributed by atoms with Crippen LogP contribution in [0.2, 0.25) is 0 Å². The number of benzene rings is 1. The first kappa shape index (κ1) is 15.3. The van der Waals surface area contributed by atoms with Gasteiger partial charge in [-0.3, -0.25) is 10.1 Å². The molecular weight excluding hydrogens is 270 g/mol. The second-order valence-electron chi connectivity index (χ2n) is 5.82. The minimum Gasteiger partial charge on any atom is -0.335 e. The fourth-order valence-corrected chi connectivity index (χ4v) is 2.77. The summed E-state index contributed by atoms with van der Waals surface area (Å²) >= 11 is 0. The largest absolute Gasteiger partial charge is 0.335 e. The molecule has 2 amide bonds. The van der Waals surface area contributed by atoms with Crippen molar-refractivity contribution in [3.05, 3.63) is 33.9 Å². The second-order valence-corrected chi connectivity index (χ2v) is 5.82. The van der Waals surface area contributed by atoms with Crippen molar-refractivity contribution in [3.63, 3.8) is 0 Å². The number of hydrogen-bond acceptors (Lipinski definition) is 3. The molecule has 6 nitrogen and oxygen atoms in total. The van der Waals surface area contributed by atoms with Crippen LogP contribution in [0.25, 0.3) is 0 Å². The molecule has 114 valence electrons. The molecule has 1 aromatic rings. The van der Waals surface area contributed by atoms with Crippen LogP contribution in [0.15, 0.2) is 18.2 Å². The average Bonchev–Trinajstić information content (AvgIpc) is 2.41. The van der Waals surface area contributed by atoms with Gasteiger partial charge in [-0.2, -0.15) is 0 Å². The van der Waals surface area contributed by atoms with E-state index in [1.807, 2.05) is 6.92 Å². The zero-order valence-corrected chi connectivity index (χ0v) is 12.4. The highest BCUT2D eigenvalue weighted by Crippen LogP contribution is 2.24. The van der Waals surface area contributed by atoms with Gasteiger partial charge in [0, 0.05) is 18.2 Å². The minimum atomic E-state index is -0.467. The van der Waals surface area contributed by atoms with Gasteiger partial charge in [-0.25, -0.2) is 4.79 Å². The molecule has 2 rings (SSSR count). The first-order valence-electron chi connectivity index (χ1n) is 7.28. The van der Waals surface area contributed by atoms with E-state index in [4.69, 9.17) is 0 Å². The van der Waals surface area contributed by atoms with Crippen LogP contribution in [0.5, 0.6) is 0 Å². The summed E-state index contributed by atoms with van der Waals surface area (Å²) in [7, 11) is 0. The number of carbonyl (C=O) groups excluding carboxylic acids is 1. The number of non-ortho nitro benzene ring substituents is 1. The smallest absolute Gasteiger partial charge is 0.319 e. The third-order valence-electron chi connectivity index (χ3n) is 3.95. The summed E-state index contributed by atoms with van der Waals surface area (Å²) < 4.78 is 0. The van der Waals surface area contributed by atoms with Crippen LogP contribution in [-0.4, -0.2) is 17.0 Å². The molecule has 0 aromatic heterocycles. The Kier molecular flexibility index (Phi) is 4.77. The van der Waals surface area contributed by atoms with Crippen molar-refractivity contribution in [3.8, 4) is 0 Å². The van der Waals surface area contributed by atoms with Crippen molar-refractivity contribution < 1.29 is 9.72 Å². The van der Waals surface area contributed by atoms with Crippen molar-refractivity contribution in [2.75, 3.05) is 5.32 Å². The lowest BCUT2D eigenvalue weighted by Gasteiger charge is -2.27. The maximum absolute atomic E-state index is 12.0. The Morgan fingerprint density at radius 3 is 2.81 bits per heavy atom. The highest BCUT2D eigenvalue weighted by molar-refractivity contribution is 5.90. The molecule has 1 fully saturated rings. The average molecular weight is 291 g/mol.